The molecule has 0 atom stereocenters. The molecule has 0 aliphatic heterocycles. The first kappa shape index (κ1) is 22.9. The molecule has 0 aromatic carbocycles. The summed E-state index contributed by atoms with van der Waals surface area (Å²) in [7, 11) is 0. The molecule has 0 saturated heterocycles. The maximum absolute atomic E-state index is 5.92. The van der Waals surface area contributed by atoms with Crippen LogP contribution >= 0.6 is 0 Å². The zero-order chi connectivity index (χ0) is 17.2. The van der Waals surface area contributed by atoms with Crippen molar-refractivity contribution in [2.75, 3.05) is 52.5 Å². The summed E-state index contributed by atoms with van der Waals surface area (Å²) < 4.78 is 5.92. The van der Waals surface area contributed by atoms with Crippen molar-refractivity contribution >= 4 is 0 Å². The summed E-state index contributed by atoms with van der Waals surface area (Å²) in [4.78, 5) is 5.14. The van der Waals surface area contributed by atoms with E-state index in [0.29, 0.717) is 0 Å². The highest BCUT2D eigenvalue weighted by atomic mass is 16.5. The summed E-state index contributed by atoms with van der Waals surface area (Å²) in [6, 6.07) is 0. The van der Waals surface area contributed by atoms with Gasteiger partial charge >= 0.3 is 0 Å². The van der Waals surface area contributed by atoms with Gasteiger partial charge < -0.3 is 14.5 Å². The number of nitrogens with zero attached hydrogens (tertiary/aromatic N) is 2. The molecule has 0 amide bonds. The summed E-state index contributed by atoms with van der Waals surface area (Å²) in [6.45, 7) is 18.0. The van der Waals surface area contributed by atoms with E-state index in [1.807, 2.05) is 0 Å². The van der Waals surface area contributed by atoms with Gasteiger partial charge in [0, 0.05) is 13.1 Å². The van der Waals surface area contributed by atoms with Gasteiger partial charge in [0.05, 0.1) is 13.2 Å². The highest BCUT2D eigenvalue weighted by molar-refractivity contribution is 4.59. The summed E-state index contributed by atoms with van der Waals surface area (Å²) in [5.41, 5.74) is 0. The topological polar surface area (TPSA) is 15.7 Å². The molecule has 0 aromatic heterocycles. The fraction of sp³-hybridized carbons (Fsp3) is 1.00. The molecule has 0 aliphatic carbocycles. The Morgan fingerprint density at radius 2 is 0.913 bits per heavy atom. The fourth-order valence-corrected chi connectivity index (χ4v) is 2.96. The Morgan fingerprint density at radius 3 is 1.30 bits per heavy atom. The standard InChI is InChI=1S/C20H44N2O/c1-5-9-11-15-22(16-12-10-6-2)18-20-23-19-17-21(13-7-3)14-8-4/h5-20H2,1-4H3. The van der Waals surface area contributed by atoms with Crippen molar-refractivity contribution in [2.24, 2.45) is 0 Å². The minimum Gasteiger partial charge on any atom is -0.379 e. The summed E-state index contributed by atoms with van der Waals surface area (Å²) in [6.07, 6.45) is 10.5. The quantitative estimate of drug-likeness (QED) is 0.336. The molecule has 3 heteroatoms. The van der Waals surface area contributed by atoms with E-state index in [1.165, 1.54) is 77.5 Å². The average molecular weight is 329 g/mol. The van der Waals surface area contributed by atoms with Crippen molar-refractivity contribution in [3.8, 4) is 0 Å². The highest BCUT2D eigenvalue weighted by Gasteiger charge is 2.05. The average Bonchev–Trinajstić information content (AvgIpc) is 2.54. The molecule has 0 spiro atoms. The van der Waals surface area contributed by atoms with Crippen molar-refractivity contribution in [3.05, 3.63) is 0 Å². The first-order valence-electron chi connectivity index (χ1n) is 10.3. The monoisotopic (exact) mass is 328 g/mol. The SMILES string of the molecule is CCCCCN(CCCCC)CCOCCN(CCC)CCC. The number of unbranched alkanes of at least 4 members (excludes halogenated alkanes) is 4. The molecule has 0 N–H and O–H groups in total. The number of hydrogen-bond donors (Lipinski definition) is 0. The largest absolute Gasteiger partial charge is 0.379 e. The van der Waals surface area contributed by atoms with Gasteiger partial charge in [-0.05, 0) is 51.9 Å². The second-order valence-electron chi connectivity index (χ2n) is 6.71. The van der Waals surface area contributed by atoms with Gasteiger partial charge in [0.25, 0.3) is 0 Å². The van der Waals surface area contributed by atoms with E-state index < -0.39 is 0 Å². The third-order valence-electron chi connectivity index (χ3n) is 4.34. The minimum atomic E-state index is 0.887. The van der Waals surface area contributed by atoms with E-state index >= 15 is 0 Å². The van der Waals surface area contributed by atoms with Crippen molar-refractivity contribution in [2.45, 2.75) is 79.1 Å². The lowest BCUT2D eigenvalue weighted by Gasteiger charge is -2.23. The molecular weight excluding hydrogens is 284 g/mol. The molecule has 0 fully saturated rings. The van der Waals surface area contributed by atoms with Crippen LogP contribution in [0, 0.1) is 0 Å². The van der Waals surface area contributed by atoms with Crippen LogP contribution < -0.4 is 0 Å². The van der Waals surface area contributed by atoms with E-state index in [1.54, 1.807) is 0 Å². The number of hydrogen-bond acceptors (Lipinski definition) is 3. The van der Waals surface area contributed by atoms with Crippen LogP contribution in [0.15, 0.2) is 0 Å². The van der Waals surface area contributed by atoms with Gasteiger partial charge in [-0.1, -0.05) is 53.4 Å². The highest BCUT2D eigenvalue weighted by Crippen LogP contribution is 2.03. The predicted molar refractivity (Wildman–Crippen MR) is 103 cm³/mol. The Kier molecular flexibility index (Phi) is 18.1. The molecule has 0 bridgehead atoms. The van der Waals surface area contributed by atoms with Crippen LogP contribution in [0.2, 0.25) is 0 Å². The zero-order valence-electron chi connectivity index (χ0n) is 16.6. The molecule has 0 aromatic rings. The molecule has 23 heavy (non-hydrogen) atoms. The maximum atomic E-state index is 5.92. The molecular formula is C20H44N2O. The second-order valence-corrected chi connectivity index (χ2v) is 6.71. The lowest BCUT2D eigenvalue weighted by molar-refractivity contribution is 0.0818. The molecule has 3 nitrogen and oxygen atoms in total. The van der Waals surface area contributed by atoms with Gasteiger partial charge in [-0.3, -0.25) is 0 Å². The summed E-state index contributed by atoms with van der Waals surface area (Å²) in [5.74, 6) is 0. The molecule has 0 saturated carbocycles. The van der Waals surface area contributed by atoms with Crippen LogP contribution in [0.4, 0.5) is 0 Å². The van der Waals surface area contributed by atoms with E-state index in [0.717, 1.165) is 26.3 Å². The summed E-state index contributed by atoms with van der Waals surface area (Å²) in [5, 5.41) is 0. The molecule has 140 valence electrons. The van der Waals surface area contributed by atoms with E-state index in [2.05, 4.69) is 37.5 Å². The molecule has 0 aliphatic rings. The Morgan fingerprint density at radius 1 is 0.478 bits per heavy atom. The van der Waals surface area contributed by atoms with Crippen LogP contribution in [-0.2, 0) is 4.74 Å². The first-order valence-corrected chi connectivity index (χ1v) is 10.3. The molecule has 0 heterocycles. The Labute approximate surface area is 146 Å². The maximum Gasteiger partial charge on any atom is 0.0594 e. The lowest BCUT2D eigenvalue weighted by Crippen LogP contribution is -2.32. The smallest absolute Gasteiger partial charge is 0.0594 e. The zero-order valence-corrected chi connectivity index (χ0v) is 16.6. The first-order chi connectivity index (χ1) is 11.3. The number of ether oxygens (including phenoxy) is 1. The second kappa shape index (κ2) is 18.2. The van der Waals surface area contributed by atoms with Gasteiger partial charge in [-0.15, -0.1) is 0 Å². The Balaban J connectivity index is 3.80. The molecule has 0 radical (unpaired) electrons. The van der Waals surface area contributed by atoms with Crippen LogP contribution in [0.1, 0.15) is 79.1 Å². The van der Waals surface area contributed by atoms with Gasteiger partial charge in [-0.25, -0.2) is 0 Å². The van der Waals surface area contributed by atoms with Crippen molar-refractivity contribution in [1.82, 2.24) is 9.80 Å². The third-order valence-corrected chi connectivity index (χ3v) is 4.34. The van der Waals surface area contributed by atoms with Crippen LogP contribution in [-0.4, -0.2) is 62.3 Å². The predicted octanol–water partition coefficient (Wildman–Crippen LogP) is 4.81. The third kappa shape index (κ3) is 15.2. The van der Waals surface area contributed by atoms with E-state index in [9.17, 15) is 0 Å². The minimum absolute atomic E-state index is 0.887. The molecule has 0 unspecified atom stereocenters. The van der Waals surface area contributed by atoms with Crippen LogP contribution in [0.25, 0.3) is 0 Å². The van der Waals surface area contributed by atoms with Gasteiger partial charge in [0.2, 0.25) is 0 Å². The van der Waals surface area contributed by atoms with Crippen LogP contribution in [0.5, 0.6) is 0 Å². The van der Waals surface area contributed by atoms with Gasteiger partial charge in [0.1, 0.15) is 0 Å². The van der Waals surface area contributed by atoms with E-state index in [-0.39, 0.29) is 0 Å². The van der Waals surface area contributed by atoms with Crippen molar-refractivity contribution < 1.29 is 4.74 Å². The molecule has 0 rings (SSSR count). The summed E-state index contributed by atoms with van der Waals surface area (Å²) >= 11 is 0. The van der Waals surface area contributed by atoms with Crippen molar-refractivity contribution in [3.63, 3.8) is 0 Å². The normalized spacial score (nSPS) is 11.7. The van der Waals surface area contributed by atoms with E-state index in [4.69, 9.17) is 4.74 Å². The van der Waals surface area contributed by atoms with Crippen molar-refractivity contribution in [1.29, 1.82) is 0 Å². The Hall–Kier alpha value is -0.120. The van der Waals surface area contributed by atoms with Gasteiger partial charge in [0.15, 0.2) is 0 Å². The Bertz CT molecular complexity index is 208. The van der Waals surface area contributed by atoms with Crippen LogP contribution in [0.3, 0.4) is 0 Å². The number of rotatable bonds is 18. The van der Waals surface area contributed by atoms with Gasteiger partial charge in [-0.2, -0.15) is 0 Å². The fourth-order valence-electron chi connectivity index (χ4n) is 2.96. The lowest BCUT2D eigenvalue weighted by atomic mass is 10.2.